The van der Waals surface area contributed by atoms with Crippen LogP contribution in [-0.4, -0.2) is 25.0 Å². The Morgan fingerprint density at radius 3 is 2.65 bits per heavy atom. The van der Waals surface area contributed by atoms with Crippen LogP contribution in [0.5, 0.6) is 0 Å². The fourth-order valence-electron chi connectivity index (χ4n) is 3.48. The highest BCUT2D eigenvalue weighted by molar-refractivity contribution is 6.07. The fraction of sp³-hybridized carbons (Fsp3) is 0.333. The monoisotopic (exact) mass is 353 g/mol. The van der Waals surface area contributed by atoms with Crippen molar-refractivity contribution in [3.05, 3.63) is 66.7 Å². The van der Waals surface area contributed by atoms with Crippen molar-refractivity contribution in [2.75, 3.05) is 18.1 Å². The van der Waals surface area contributed by atoms with E-state index < -0.39 is 5.97 Å². The summed E-state index contributed by atoms with van der Waals surface area (Å²) in [5.74, 6) is 0.0206. The van der Waals surface area contributed by atoms with Gasteiger partial charge < -0.3 is 14.4 Å². The van der Waals surface area contributed by atoms with E-state index in [-0.39, 0.29) is 30.8 Å². The number of carbonyl (C=O) groups excluding carboxylic acids is 2. The number of amides is 1. The standard InChI is InChI=1S/C21H23NO4/c1-3-22(17-8-6-5-7-9-17)21(24)19-15-10-11-16(14-15)20(19)26-18(23)12-13-25-4-2/h4-11,15-16H,2-3,12-14H2,1H3. The van der Waals surface area contributed by atoms with Crippen LogP contribution in [0.3, 0.4) is 0 Å². The molecular formula is C21H23NO4. The van der Waals surface area contributed by atoms with Crippen LogP contribution in [0.4, 0.5) is 5.69 Å². The Labute approximate surface area is 153 Å². The van der Waals surface area contributed by atoms with Crippen LogP contribution in [0.1, 0.15) is 19.8 Å². The molecule has 1 aromatic carbocycles. The molecule has 1 aromatic rings. The van der Waals surface area contributed by atoms with E-state index in [0.717, 1.165) is 12.1 Å². The van der Waals surface area contributed by atoms with Crippen LogP contribution in [0.25, 0.3) is 0 Å². The minimum absolute atomic E-state index is 0.00213. The summed E-state index contributed by atoms with van der Waals surface area (Å²) in [5, 5.41) is 0. The summed E-state index contributed by atoms with van der Waals surface area (Å²) in [5.41, 5.74) is 1.44. The number of allylic oxidation sites excluding steroid dienone is 2. The largest absolute Gasteiger partial charge is 0.501 e. The van der Waals surface area contributed by atoms with Crippen LogP contribution in [-0.2, 0) is 19.1 Å². The third-order valence-electron chi connectivity index (χ3n) is 4.68. The average molecular weight is 353 g/mol. The molecule has 5 heteroatoms. The van der Waals surface area contributed by atoms with Gasteiger partial charge in [0.05, 0.1) is 24.9 Å². The lowest BCUT2D eigenvalue weighted by molar-refractivity contribution is -0.140. The number of ether oxygens (including phenoxy) is 2. The molecule has 0 aromatic heterocycles. The second kappa shape index (κ2) is 8.04. The molecular weight excluding hydrogens is 330 g/mol. The lowest BCUT2D eigenvalue weighted by Gasteiger charge is -2.24. The summed E-state index contributed by atoms with van der Waals surface area (Å²) in [7, 11) is 0. The van der Waals surface area contributed by atoms with E-state index in [9.17, 15) is 9.59 Å². The molecule has 0 aliphatic heterocycles. The first-order valence-corrected chi connectivity index (χ1v) is 8.88. The van der Waals surface area contributed by atoms with Crippen LogP contribution in [0.2, 0.25) is 0 Å². The predicted molar refractivity (Wildman–Crippen MR) is 99.1 cm³/mol. The number of para-hydroxylation sites is 1. The number of esters is 1. The molecule has 0 radical (unpaired) electrons. The summed E-state index contributed by atoms with van der Waals surface area (Å²) in [6.45, 7) is 6.14. The molecule has 1 amide bonds. The summed E-state index contributed by atoms with van der Waals surface area (Å²) in [6.07, 6.45) is 6.26. The third kappa shape index (κ3) is 3.57. The zero-order valence-electron chi connectivity index (χ0n) is 14.9. The van der Waals surface area contributed by atoms with Gasteiger partial charge in [-0.15, -0.1) is 0 Å². The fourth-order valence-corrected chi connectivity index (χ4v) is 3.48. The number of fused-ring (bicyclic) bond motifs is 2. The minimum atomic E-state index is -0.393. The Balaban J connectivity index is 1.82. The summed E-state index contributed by atoms with van der Waals surface area (Å²) >= 11 is 0. The van der Waals surface area contributed by atoms with Crippen molar-refractivity contribution in [1.29, 1.82) is 0 Å². The number of anilines is 1. The highest BCUT2D eigenvalue weighted by Gasteiger charge is 2.42. The maximum absolute atomic E-state index is 13.2. The van der Waals surface area contributed by atoms with E-state index >= 15 is 0 Å². The number of hydrogen-bond acceptors (Lipinski definition) is 4. The topological polar surface area (TPSA) is 55.8 Å². The number of benzene rings is 1. The van der Waals surface area contributed by atoms with E-state index in [1.807, 2.05) is 49.4 Å². The summed E-state index contributed by atoms with van der Waals surface area (Å²) in [6, 6.07) is 9.54. The molecule has 0 fully saturated rings. The van der Waals surface area contributed by atoms with Crippen LogP contribution < -0.4 is 4.90 Å². The molecule has 2 bridgehead atoms. The third-order valence-corrected chi connectivity index (χ3v) is 4.68. The smallest absolute Gasteiger partial charge is 0.314 e. The molecule has 5 nitrogen and oxygen atoms in total. The molecule has 2 aliphatic rings. The van der Waals surface area contributed by atoms with E-state index in [1.165, 1.54) is 6.26 Å². The summed E-state index contributed by atoms with van der Waals surface area (Å²) < 4.78 is 10.6. The highest BCUT2D eigenvalue weighted by Crippen LogP contribution is 2.45. The minimum Gasteiger partial charge on any atom is -0.501 e. The van der Waals surface area contributed by atoms with Gasteiger partial charge in [-0.05, 0) is 25.5 Å². The van der Waals surface area contributed by atoms with Gasteiger partial charge in [0.25, 0.3) is 5.91 Å². The molecule has 3 rings (SSSR count). The molecule has 2 atom stereocenters. The van der Waals surface area contributed by atoms with Gasteiger partial charge in [0, 0.05) is 24.1 Å². The quantitative estimate of drug-likeness (QED) is 0.310. The Kier molecular flexibility index (Phi) is 5.56. The zero-order chi connectivity index (χ0) is 18.5. The van der Waals surface area contributed by atoms with Crippen LogP contribution in [0.15, 0.2) is 66.7 Å². The molecule has 0 saturated carbocycles. The van der Waals surface area contributed by atoms with Gasteiger partial charge in [0.1, 0.15) is 5.76 Å². The van der Waals surface area contributed by atoms with E-state index in [2.05, 4.69) is 6.58 Å². The van der Waals surface area contributed by atoms with Crippen molar-refractivity contribution in [2.45, 2.75) is 19.8 Å². The van der Waals surface area contributed by atoms with Crippen molar-refractivity contribution in [3.8, 4) is 0 Å². The van der Waals surface area contributed by atoms with Gasteiger partial charge in [-0.25, -0.2) is 0 Å². The first-order valence-electron chi connectivity index (χ1n) is 8.88. The molecule has 0 N–H and O–H groups in total. The predicted octanol–water partition coefficient (Wildman–Crippen LogP) is 3.59. The van der Waals surface area contributed by atoms with Crippen molar-refractivity contribution in [3.63, 3.8) is 0 Å². The molecule has 0 saturated heterocycles. The van der Waals surface area contributed by atoms with Crippen molar-refractivity contribution in [2.24, 2.45) is 11.8 Å². The lowest BCUT2D eigenvalue weighted by atomic mass is 10.0. The van der Waals surface area contributed by atoms with Crippen molar-refractivity contribution >= 4 is 17.6 Å². The molecule has 0 heterocycles. The lowest BCUT2D eigenvalue weighted by Crippen LogP contribution is -2.34. The Hall–Kier alpha value is -2.82. The van der Waals surface area contributed by atoms with E-state index in [1.54, 1.807) is 4.90 Å². The molecule has 2 unspecified atom stereocenters. The van der Waals surface area contributed by atoms with Gasteiger partial charge in [0.2, 0.25) is 0 Å². The second-order valence-electron chi connectivity index (χ2n) is 6.26. The average Bonchev–Trinajstić information content (AvgIpc) is 3.25. The molecule has 26 heavy (non-hydrogen) atoms. The Bertz CT molecular complexity index is 751. The first-order chi connectivity index (χ1) is 12.7. The van der Waals surface area contributed by atoms with E-state index in [0.29, 0.717) is 17.9 Å². The maximum Gasteiger partial charge on any atom is 0.314 e. The van der Waals surface area contributed by atoms with Gasteiger partial charge in [-0.1, -0.05) is 36.9 Å². The number of nitrogens with zero attached hydrogens (tertiary/aromatic N) is 1. The molecule has 2 aliphatic carbocycles. The molecule has 136 valence electrons. The van der Waals surface area contributed by atoms with Crippen LogP contribution >= 0.6 is 0 Å². The number of rotatable bonds is 8. The van der Waals surface area contributed by atoms with Gasteiger partial charge in [0.15, 0.2) is 0 Å². The van der Waals surface area contributed by atoms with Crippen LogP contribution in [0, 0.1) is 11.8 Å². The number of hydrogen-bond donors (Lipinski definition) is 0. The SMILES string of the molecule is C=COCCC(=O)OC1=C(C(=O)N(CC)c2ccccc2)C2C=CC1C2. The van der Waals surface area contributed by atoms with Crippen molar-refractivity contribution in [1.82, 2.24) is 0 Å². The number of carbonyl (C=O) groups is 2. The highest BCUT2D eigenvalue weighted by atomic mass is 16.5. The molecule has 0 spiro atoms. The Morgan fingerprint density at radius 1 is 1.23 bits per heavy atom. The Morgan fingerprint density at radius 2 is 1.96 bits per heavy atom. The summed E-state index contributed by atoms with van der Waals surface area (Å²) in [4.78, 5) is 27.1. The normalized spacial score (nSPS) is 20.2. The maximum atomic E-state index is 13.2. The van der Waals surface area contributed by atoms with Gasteiger partial charge >= 0.3 is 5.97 Å². The number of likely N-dealkylation sites (N-methyl/N-ethyl adjacent to an activating group) is 1. The van der Waals surface area contributed by atoms with Crippen molar-refractivity contribution < 1.29 is 19.1 Å². The van der Waals surface area contributed by atoms with E-state index in [4.69, 9.17) is 9.47 Å². The van der Waals surface area contributed by atoms with Gasteiger partial charge in [-0.2, -0.15) is 0 Å². The second-order valence-corrected chi connectivity index (χ2v) is 6.26. The zero-order valence-corrected chi connectivity index (χ0v) is 14.9. The first kappa shape index (κ1) is 18.0. The van der Waals surface area contributed by atoms with Gasteiger partial charge in [-0.3, -0.25) is 9.59 Å².